The molecule has 1 atom stereocenters. The largest absolute Gasteiger partial charge is 0.489 e. The van der Waals surface area contributed by atoms with Crippen LogP contribution in [-0.4, -0.2) is 83.1 Å². The predicted octanol–water partition coefficient (Wildman–Crippen LogP) is 7.04. The Balaban J connectivity index is 1.51. The molecule has 1 saturated carbocycles. The monoisotopic (exact) mass is 781 g/mol. The van der Waals surface area contributed by atoms with Crippen molar-refractivity contribution in [3.63, 3.8) is 0 Å². The molecule has 0 unspecified atom stereocenters. The van der Waals surface area contributed by atoms with Crippen molar-refractivity contribution in [1.29, 1.82) is 0 Å². The molecule has 10 nitrogen and oxygen atoms in total. The van der Waals surface area contributed by atoms with E-state index >= 15 is 0 Å². The second kappa shape index (κ2) is 16.5. The summed E-state index contributed by atoms with van der Waals surface area (Å²) in [6, 6.07) is 6.25. The zero-order valence-corrected chi connectivity index (χ0v) is 29.5. The molecular weight excluding hydrogens is 748 g/mol. The third-order valence-corrected chi connectivity index (χ3v) is 10.1. The summed E-state index contributed by atoms with van der Waals surface area (Å²) in [7, 11) is -4.28. The Labute approximate surface area is 301 Å². The molecule has 0 radical (unpaired) electrons. The molecule has 18 heteroatoms. The molecule has 1 aromatic heterocycles. The van der Waals surface area contributed by atoms with Crippen molar-refractivity contribution in [2.24, 2.45) is 5.92 Å². The third kappa shape index (κ3) is 10.6. The number of ether oxygens (including phenoxy) is 4. The van der Waals surface area contributed by atoms with Crippen molar-refractivity contribution in [3.8, 4) is 11.5 Å². The van der Waals surface area contributed by atoms with Gasteiger partial charge in [0.15, 0.2) is 11.5 Å². The number of carbonyl (C=O) groups is 1. The van der Waals surface area contributed by atoms with Crippen LogP contribution in [0.4, 0.5) is 27.6 Å². The van der Waals surface area contributed by atoms with E-state index in [-0.39, 0.29) is 59.1 Å². The summed E-state index contributed by atoms with van der Waals surface area (Å²) >= 11 is 12.7. The number of benzene rings is 2. The number of morpholine rings is 1. The average Bonchev–Trinajstić information content (AvgIpc) is 3.89. The number of hydrogen-bond donors (Lipinski definition) is 0. The van der Waals surface area contributed by atoms with E-state index in [9.17, 15) is 35.2 Å². The van der Waals surface area contributed by atoms with E-state index in [2.05, 4.69) is 9.72 Å². The number of aromatic nitrogens is 1. The Hall–Kier alpha value is -3.44. The number of nitrogens with zero attached hydrogens (tertiary/aromatic N) is 3. The van der Waals surface area contributed by atoms with Crippen molar-refractivity contribution in [2.45, 2.75) is 38.2 Å². The van der Waals surface area contributed by atoms with Gasteiger partial charge in [-0.3, -0.25) is 14.2 Å². The first kappa shape index (κ1) is 38.8. The number of anilines is 1. The minimum absolute atomic E-state index is 0.0476. The van der Waals surface area contributed by atoms with Gasteiger partial charge >= 0.3 is 18.8 Å². The van der Waals surface area contributed by atoms with Gasteiger partial charge in [0.05, 0.1) is 52.9 Å². The number of pyridine rings is 1. The number of esters is 1. The van der Waals surface area contributed by atoms with Gasteiger partial charge in [-0.15, -0.1) is 0 Å². The SMILES string of the molecule is CS(=O)(=O)N(CCN1CCOCC1)c1cc(C(=O)O[C@@H](Cc2c(Cl)cncc2Cl)c2ccc(OC(F)F)c(OCC3CC3)c2)ccc1C(F)(F)F. The van der Waals surface area contributed by atoms with Crippen LogP contribution in [0.3, 0.4) is 0 Å². The second-order valence-corrected chi connectivity index (χ2v) is 14.8. The molecular formula is C33H34Cl2F5N3O7S. The van der Waals surface area contributed by atoms with E-state index in [1.807, 2.05) is 4.90 Å². The minimum Gasteiger partial charge on any atom is -0.489 e. The highest BCUT2D eigenvalue weighted by Gasteiger charge is 2.38. The first-order chi connectivity index (χ1) is 24.1. The van der Waals surface area contributed by atoms with Gasteiger partial charge < -0.3 is 18.9 Å². The molecule has 2 fully saturated rings. The smallest absolute Gasteiger partial charge is 0.418 e. The standard InChI is InChI=1S/C33H34Cl2F5N3O7S/c1-51(45,46)43(9-8-42-10-12-47-13-11-42)27-14-22(4-6-24(27)33(38,39)40)31(44)49-29(16-23-25(34)17-41-18-26(23)35)21-5-7-28(50-32(36)37)30(15-21)48-19-20-2-3-20/h4-7,14-15,17-18,20,29,32H,2-3,8-13,16,19H2,1H3/t29-/m0/s1. The van der Waals surface area contributed by atoms with Crippen LogP contribution in [0.1, 0.15) is 46.0 Å². The van der Waals surface area contributed by atoms with Crippen LogP contribution in [-0.2, 0) is 32.1 Å². The lowest BCUT2D eigenvalue weighted by atomic mass is 10.0. The summed E-state index contributed by atoms with van der Waals surface area (Å²) in [6.07, 6.45) is -1.20. The van der Waals surface area contributed by atoms with E-state index in [0.29, 0.717) is 42.2 Å². The van der Waals surface area contributed by atoms with Crippen LogP contribution in [0.2, 0.25) is 10.0 Å². The van der Waals surface area contributed by atoms with Crippen LogP contribution in [0.25, 0.3) is 0 Å². The molecule has 3 aromatic rings. The Morgan fingerprint density at radius 2 is 1.75 bits per heavy atom. The Morgan fingerprint density at radius 1 is 1.06 bits per heavy atom. The van der Waals surface area contributed by atoms with Gasteiger partial charge in [-0.25, -0.2) is 13.2 Å². The van der Waals surface area contributed by atoms with Gasteiger partial charge in [-0.05, 0) is 60.2 Å². The van der Waals surface area contributed by atoms with Gasteiger partial charge in [-0.1, -0.05) is 29.3 Å². The fraction of sp³-hybridized carbons (Fsp3) is 0.455. The first-order valence-electron chi connectivity index (χ1n) is 15.8. The maximum absolute atomic E-state index is 14.3. The molecule has 278 valence electrons. The maximum Gasteiger partial charge on any atom is 0.418 e. The summed E-state index contributed by atoms with van der Waals surface area (Å²) in [5.74, 6) is -1.19. The topological polar surface area (TPSA) is 108 Å². The molecule has 0 amide bonds. The van der Waals surface area contributed by atoms with Crippen LogP contribution in [0.5, 0.6) is 11.5 Å². The highest BCUT2D eigenvalue weighted by atomic mass is 35.5. The van der Waals surface area contributed by atoms with E-state index < -0.39 is 51.7 Å². The number of sulfonamides is 1. The molecule has 51 heavy (non-hydrogen) atoms. The molecule has 0 bridgehead atoms. The normalized spacial score (nSPS) is 16.2. The molecule has 1 aliphatic carbocycles. The van der Waals surface area contributed by atoms with E-state index in [0.717, 1.165) is 31.2 Å². The fourth-order valence-corrected chi connectivity index (χ4v) is 6.83. The van der Waals surface area contributed by atoms with Gasteiger partial charge in [0.2, 0.25) is 10.0 Å². The van der Waals surface area contributed by atoms with Crippen LogP contribution in [0.15, 0.2) is 48.8 Å². The molecule has 0 spiro atoms. The Morgan fingerprint density at radius 3 is 2.35 bits per heavy atom. The zero-order valence-electron chi connectivity index (χ0n) is 27.2. The molecule has 1 aliphatic heterocycles. The fourth-order valence-electron chi connectivity index (χ4n) is 5.39. The quantitative estimate of drug-likeness (QED) is 0.119. The van der Waals surface area contributed by atoms with Crippen LogP contribution in [0, 0.1) is 5.92 Å². The second-order valence-electron chi connectivity index (χ2n) is 12.0. The highest BCUT2D eigenvalue weighted by molar-refractivity contribution is 7.92. The molecule has 2 heterocycles. The number of carbonyl (C=O) groups excluding carboxylic acids is 1. The zero-order chi connectivity index (χ0) is 36.9. The lowest BCUT2D eigenvalue weighted by Gasteiger charge is -2.31. The van der Waals surface area contributed by atoms with E-state index in [1.54, 1.807) is 0 Å². The van der Waals surface area contributed by atoms with E-state index in [1.165, 1.54) is 30.6 Å². The highest BCUT2D eigenvalue weighted by Crippen LogP contribution is 2.40. The van der Waals surface area contributed by atoms with Crippen molar-refractivity contribution in [1.82, 2.24) is 9.88 Å². The molecule has 2 aromatic carbocycles. The Kier molecular flexibility index (Phi) is 12.5. The maximum atomic E-state index is 14.3. The van der Waals surface area contributed by atoms with Gasteiger partial charge in [0.25, 0.3) is 0 Å². The number of alkyl halides is 5. The predicted molar refractivity (Wildman–Crippen MR) is 178 cm³/mol. The molecule has 1 saturated heterocycles. The molecule has 0 N–H and O–H groups in total. The summed E-state index contributed by atoms with van der Waals surface area (Å²) < 4.78 is 117. The lowest BCUT2D eigenvalue weighted by Crippen LogP contribution is -2.43. The third-order valence-electron chi connectivity index (χ3n) is 8.25. The number of halogens is 7. The molecule has 5 rings (SSSR count). The summed E-state index contributed by atoms with van der Waals surface area (Å²) in [6.45, 7) is -1.45. The number of rotatable bonds is 15. The van der Waals surface area contributed by atoms with E-state index in [4.69, 9.17) is 37.4 Å². The minimum atomic E-state index is -4.98. The first-order valence-corrected chi connectivity index (χ1v) is 18.4. The summed E-state index contributed by atoms with van der Waals surface area (Å²) in [4.78, 5) is 19.5. The van der Waals surface area contributed by atoms with Gasteiger partial charge in [0.1, 0.15) is 6.10 Å². The van der Waals surface area contributed by atoms with Crippen molar-refractivity contribution in [2.75, 3.05) is 56.6 Å². The van der Waals surface area contributed by atoms with Gasteiger partial charge in [0, 0.05) is 45.0 Å². The van der Waals surface area contributed by atoms with Crippen molar-refractivity contribution in [3.05, 3.63) is 81.1 Å². The average molecular weight is 783 g/mol. The Bertz CT molecular complexity index is 1790. The molecule has 2 aliphatic rings. The van der Waals surface area contributed by atoms with Crippen LogP contribution >= 0.6 is 23.2 Å². The van der Waals surface area contributed by atoms with Crippen LogP contribution < -0.4 is 13.8 Å². The lowest BCUT2D eigenvalue weighted by molar-refractivity contribution is -0.137. The van der Waals surface area contributed by atoms with Gasteiger partial charge in [-0.2, -0.15) is 22.0 Å². The summed E-state index contributed by atoms with van der Waals surface area (Å²) in [5, 5.41) is 0.236. The van der Waals surface area contributed by atoms with Crippen molar-refractivity contribution < 1.29 is 54.1 Å². The number of hydrogen-bond acceptors (Lipinski definition) is 9. The summed E-state index contributed by atoms with van der Waals surface area (Å²) in [5.41, 5.74) is -1.88. The van der Waals surface area contributed by atoms with Crippen molar-refractivity contribution >= 4 is 44.9 Å².